The SMILES string of the molecule is CSCCN(C)S(=O)(=O)c1cc(Cl)cc(CO)c1Cl. The first-order valence-electron chi connectivity index (χ1n) is 5.38. The van der Waals surface area contributed by atoms with E-state index >= 15 is 0 Å². The zero-order valence-electron chi connectivity index (χ0n) is 10.6. The summed E-state index contributed by atoms with van der Waals surface area (Å²) in [6.45, 7) is 0.0112. The minimum absolute atomic E-state index is 0.0166. The summed E-state index contributed by atoms with van der Waals surface area (Å²) in [6.07, 6.45) is 1.90. The third-order valence-electron chi connectivity index (χ3n) is 2.55. The largest absolute Gasteiger partial charge is 0.392 e. The number of aliphatic hydroxyl groups is 1. The van der Waals surface area contributed by atoms with Crippen molar-refractivity contribution in [3.8, 4) is 0 Å². The molecule has 0 spiro atoms. The molecule has 0 fully saturated rings. The van der Waals surface area contributed by atoms with E-state index in [4.69, 9.17) is 28.3 Å². The van der Waals surface area contributed by atoms with Crippen molar-refractivity contribution in [1.82, 2.24) is 4.31 Å². The van der Waals surface area contributed by atoms with Gasteiger partial charge < -0.3 is 5.11 Å². The summed E-state index contributed by atoms with van der Waals surface area (Å²) < 4.78 is 26.0. The Kier molecular flexibility index (Phi) is 6.42. The van der Waals surface area contributed by atoms with Crippen molar-refractivity contribution < 1.29 is 13.5 Å². The number of halogens is 2. The van der Waals surface area contributed by atoms with Crippen LogP contribution in [0, 0.1) is 0 Å². The van der Waals surface area contributed by atoms with E-state index in [0.717, 1.165) is 0 Å². The fourth-order valence-electron chi connectivity index (χ4n) is 1.43. The molecule has 19 heavy (non-hydrogen) atoms. The first kappa shape index (κ1) is 17.1. The van der Waals surface area contributed by atoms with Gasteiger partial charge in [0.05, 0.1) is 11.6 Å². The highest BCUT2D eigenvalue weighted by Gasteiger charge is 2.25. The van der Waals surface area contributed by atoms with Crippen LogP contribution in [0.1, 0.15) is 5.56 Å². The molecule has 1 aromatic carbocycles. The lowest BCUT2D eigenvalue weighted by Gasteiger charge is -2.18. The molecule has 1 rings (SSSR count). The van der Waals surface area contributed by atoms with Crippen molar-refractivity contribution >= 4 is 45.0 Å². The van der Waals surface area contributed by atoms with Crippen LogP contribution in [-0.4, -0.2) is 43.4 Å². The molecule has 1 aromatic rings. The minimum atomic E-state index is -3.70. The van der Waals surface area contributed by atoms with Crippen LogP contribution >= 0.6 is 35.0 Å². The van der Waals surface area contributed by atoms with E-state index in [-0.39, 0.29) is 21.5 Å². The van der Waals surface area contributed by atoms with Gasteiger partial charge in [-0.2, -0.15) is 11.8 Å². The number of nitrogens with zero attached hydrogens (tertiary/aromatic N) is 1. The minimum Gasteiger partial charge on any atom is -0.392 e. The van der Waals surface area contributed by atoms with Crippen molar-refractivity contribution in [2.24, 2.45) is 0 Å². The van der Waals surface area contributed by atoms with Crippen LogP contribution in [0.5, 0.6) is 0 Å². The highest BCUT2D eigenvalue weighted by Crippen LogP contribution is 2.31. The van der Waals surface area contributed by atoms with E-state index in [0.29, 0.717) is 17.9 Å². The zero-order chi connectivity index (χ0) is 14.6. The first-order chi connectivity index (χ1) is 8.84. The Labute approximate surface area is 127 Å². The molecule has 8 heteroatoms. The molecule has 0 aromatic heterocycles. The van der Waals surface area contributed by atoms with Crippen LogP contribution in [0.3, 0.4) is 0 Å². The Morgan fingerprint density at radius 2 is 2.00 bits per heavy atom. The van der Waals surface area contributed by atoms with Gasteiger partial charge in [0, 0.05) is 24.4 Å². The smallest absolute Gasteiger partial charge is 0.244 e. The number of aliphatic hydroxyl groups excluding tert-OH is 1. The lowest BCUT2D eigenvalue weighted by atomic mass is 10.2. The average molecular weight is 344 g/mol. The van der Waals surface area contributed by atoms with Crippen molar-refractivity contribution in [2.75, 3.05) is 25.6 Å². The van der Waals surface area contributed by atoms with Crippen LogP contribution in [0.15, 0.2) is 17.0 Å². The van der Waals surface area contributed by atoms with Gasteiger partial charge in [-0.05, 0) is 24.0 Å². The maximum absolute atomic E-state index is 12.4. The van der Waals surface area contributed by atoms with Crippen LogP contribution in [-0.2, 0) is 16.6 Å². The van der Waals surface area contributed by atoms with Crippen LogP contribution < -0.4 is 0 Å². The Bertz CT molecular complexity index is 549. The van der Waals surface area contributed by atoms with Crippen LogP contribution in [0.4, 0.5) is 0 Å². The van der Waals surface area contributed by atoms with Gasteiger partial charge in [-0.1, -0.05) is 23.2 Å². The van der Waals surface area contributed by atoms with Gasteiger partial charge in [0.1, 0.15) is 4.90 Å². The first-order valence-corrected chi connectivity index (χ1v) is 8.97. The summed E-state index contributed by atoms with van der Waals surface area (Å²) in [5.74, 6) is 0.681. The maximum atomic E-state index is 12.4. The molecular weight excluding hydrogens is 329 g/mol. The number of sulfonamides is 1. The molecule has 0 unspecified atom stereocenters. The van der Waals surface area contributed by atoms with E-state index in [9.17, 15) is 8.42 Å². The molecule has 0 heterocycles. The van der Waals surface area contributed by atoms with Gasteiger partial charge in [-0.3, -0.25) is 0 Å². The molecule has 0 atom stereocenters. The van der Waals surface area contributed by atoms with Gasteiger partial charge in [0.15, 0.2) is 0 Å². The second kappa shape index (κ2) is 7.15. The van der Waals surface area contributed by atoms with Gasteiger partial charge in [-0.15, -0.1) is 0 Å². The molecule has 0 radical (unpaired) electrons. The highest BCUT2D eigenvalue weighted by atomic mass is 35.5. The van der Waals surface area contributed by atoms with Crippen molar-refractivity contribution in [3.05, 3.63) is 27.7 Å². The summed E-state index contributed by atoms with van der Waals surface area (Å²) in [5, 5.41) is 9.40. The summed E-state index contributed by atoms with van der Waals surface area (Å²) in [7, 11) is -2.22. The fraction of sp³-hybridized carbons (Fsp3) is 0.455. The topological polar surface area (TPSA) is 57.6 Å². The summed E-state index contributed by atoms with van der Waals surface area (Å²) in [6, 6.07) is 2.75. The molecule has 0 amide bonds. The van der Waals surface area contributed by atoms with E-state index in [1.165, 1.54) is 23.5 Å². The molecular formula is C11H15Cl2NO3S2. The number of thioether (sulfide) groups is 1. The summed E-state index contributed by atoms with van der Waals surface area (Å²) >= 11 is 13.4. The van der Waals surface area contributed by atoms with Crippen molar-refractivity contribution in [3.63, 3.8) is 0 Å². The number of benzene rings is 1. The molecule has 1 N–H and O–H groups in total. The van der Waals surface area contributed by atoms with Crippen LogP contribution in [0.2, 0.25) is 10.0 Å². The Hall–Kier alpha value is 0.0200. The predicted molar refractivity (Wildman–Crippen MR) is 80.6 cm³/mol. The Balaban J connectivity index is 3.25. The monoisotopic (exact) mass is 343 g/mol. The highest BCUT2D eigenvalue weighted by molar-refractivity contribution is 7.98. The number of rotatable bonds is 6. The maximum Gasteiger partial charge on any atom is 0.244 e. The number of hydrogen-bond acceptors (Lipinski definition) is 4. The summed E-state index contributed by atoms with van der Waals surface area (Å²) in [4.78, 5) is -0.0747. The summed E-state index contributed by atoms with van der Waals surface area (Å²) in [5.41, 5.74) is 0.297. The average Bonchev–Trinajstić information content (AvgIpc) is 2.37. The van der Waals surface area contributed by atoms with E-state index in [1.807, 2.05) is 6.26 Å². The van der Waals surface area contributed by atoms with E-state index in [2.05, 4.69) is 0 Å². The van der Waals surface area contributed by atoms with E-state index < -0.39 is 10.0 Å². The van der Waals surface area contributed by atoms with Gasteiger partial charge in [0.2, 0.25) is 10.0 Å². The van der Waals surface area contributed by atoms with Crippen molar-refractivity contribution in [2.45, 2.75) is 11.5 Å². The number of hydrogen-bond donors (Lipinski definition) is 1. The standard InChI is InChI=1S/C11H15Cl2NO3S2/c1-14(3-4-18-2)19(16,17)10-6-9(12)5-8(7-15)11(10)13/h5-6,15H,3-4,7H2,1-2H3. The molecule has 0 saturated heterocycles. The Morgan fingerprint density at radius 3 is 2.53 bits per heavy atom. The second-order valence-electron chi connectivity index (χ2n) is 3.85. The lowest BCUT2D eigenvalue weighted by molar-refractivity contribution is 0.281. The quantitative estimate of drug-likeness (QED) is 0.861. The molecule has 0 saturated carbocycles. The predicted octanol–water partition coefficient (Wildman–Crippen LogP) is 2.47. The van der Waals surface area contributed by atoms with Gasteiger partial charge in [-0.25, -0.2) is 12.7 Å². The van der Waals surface area contributed by atoms with Gasteiger partial charge in [0.25, 0.3) is 0 Å². The third-order valence-corrected chi connectivity index (χ3v) is 5.80. The molecule has 0 bridgehead atoms. The third kappa shape index (κ3) is 4.00. The molecule has 0 aliphatic carbocycles. The molecule has 0 aliphatic rings. The van der Waals surface area contributed by atoms with Crippen molar-refractivity contribution in [1.29, 1.82) is 0 Å². The lowest BCUT2D eigenvalue weighted by Crippen LogP contribution is -2.29. The van der Waals surface area contributed by atoms with Gasteiger partial charge >= 0.3 is 0 Å². The second-order valence-corrected chi connectivity index (χ2v) is 7.67. The van der Waals surface area contributed by atoms with Crippen LogP contribution in [0.25, 0.3) is 0 Å². The fourth-order valence-corrected chi connectivity index (χ4v) is 4.07. The normalized spacial score (nSPS) is 12.1. The molecule has 0 aliphatic heterocycles. The van der Waals surface area contributed by atoms with E-state index in [1.54, 1.807) is 11.8 Å². The zero-order valence-corrected chi connectivity index (χ0v) is 13.7. The molecule has 108 valence electrons. The molecule has 4 nitrogen and oxygen atoms in total. The Morgan fingerprint density at radius 1 is 1.37 bits per heavy atom.